The van der Waals surface area contributed by atoms with Crippen LogP contribution in [0, 0.1) is 10.8 Å². The molecule has 0 aromatic heterocycles. The number of carboxylic acid groups (broad SMARTS) is 1. The molecule has 3 heteroatoms. The molecule has 0 atom stereocenters. The highest BCUT2D eigenvalue weighted by molar-refractivity contribution is 5.67. The van der Waals surface area contributed by atoms with Crippen LogP contribution in [-0.2, 0) is 0 Å². The lowest BCUT2D eigenvalue weighted by atomic mass is 9.33. The lowest BCUT2D eigenvalue weighted by Gasteiger charge is -2.75. The van der Waals surface area contributed by atoms with Crippen LogP contribution in [0.15, 0.2) is 0 Å². The molecule has 0 radical (unpaired) electrons. The summed E-state index contributed by atoms with van der Waals surface area (Å²) in [6.45, 7) is 6.74. The van der Waals surface area contributed by atoms with Gasteiger partial charge >= 0.3 is 6.09 Å². The number of amides is 1. The van der Waals surface area contributed by atoms with Crippen molar-refractivity contribution < 1.29 is 9.90 Å². The van der Waals surface area contributed by atoms with Crippen LogP contribution < -0.4 is 5.32 Å². The average molecular weight is 183 g/mol. The van der Waals surface area contributed by atoms with Crippen molar-refractivity contribution in [3.05, 3.63) is 0 Å². The summed E-state index contributed by atoms with van der Waals surface area (Å²) in [5, 5.41) is 11.2. The summed E-state index contributed by atoms with van der Waals surface area (Å²) in [6.07, 6.45) is 2.24. The minimum absolute atomic E-state index is 0.0425. The largest absolute Gasteiger partial charge is 0.465 e. The highest BCUT2D eigenvalue weighted by Gasteiger charge is 2.72. The zero-order valence-corrected chi connectivity index (χ0v) is 8.48. The molecule has 3 saturated carbocycles. The normalized spacial score (nSPS) is 41.8. The summed E-state index contributed by atoms with van der Waals surface area (Å²) < 4.78 is 0. The summed E-state index contributed by atoms with van der Waals surface area (Å²) in [7, 11) is 0. The fourth-order valence-electron chi connectivity index (χ4n) is 2.94. The van der Waals surface area contributed by atoms with Crippen LogP contribution in [0.5, 0.6) is 0 Å². The Morgan fingerprint density at radius 3 is 2.08 bits per heavy atom. The lowest BCUT2D eigenvalue weighted by molar-refractivity contribution is -0.212. The molecule has 13 heavy (non-hydrogen) atoms. The third kappa shape index (κ3) is 0.990. The molecular weight excluding hydrogens is 166 g/mol. The number of carbonyl (C=O) groups is 1. The van der Waals surface area contributed by atoms with E-state index < -0.39 is 6.09 Å². The van der Waals surface area contributed by atoms with Gasteiger partial charge in [-0.15, -0.1) is 0 Å². The van der Waals surface area contributed by atoms with E-state index in [9.17, 15) is 4.79 Å². The van der Waals surface area contributed by atoms with E-state index in [0.29, 0.717) is 10.8 Å². The van der Waals surface area contributed by atoms with Gasteiger partial charge in [-0.2, -0.15) is 0 Å². The van der Waals surface area contributed by atoms with Crippen LogP contribution in [0.4, 0.5) is 4.79 Å². The summed E-state index contributed by atoms with van der Waals surface area (Å²) in [6, 6.07) is 0. The van der Waals surface area contributed by atoms with Crippen molar-refractivity contribution in [1.82, 2.24) is 5.32 Å². The second-order valence-electron chi connectivity index (χ2n) is 5.77. The van der Waals surface area contributed by atoms with Gasteiger partial charge in [-0.1, -0.05) is 20.8 Å². The zero-order chi connectivity index (χ0) is 9.91. The molecule has 2 N–H and O–H groups in total. The van der Waals surface area contributed by atoms with Gasteiger partial charge in [-0.25, -0.2) is 4.79 Å². The first-order chi connectivity index (χ1) is 5.79. The standard InChI is InChI=1S/C10H17NO2/c1-8(2,3)9-4-10(5-9,6-9)11-7(12)13/h11H,4-6H2,1-3H3,(H,12,13). The van der Waals surface area contributed by atoms with Gasteiger partial charge in [-0.05, 0) is 30.1 Å². The van der Waals surface area contributed by atoms with Crippen molar-refractivity contribution in [3.63, 3.8) is 0 Å². The smallest absolute Gasteiger partial charge is 0.405 e. The summed E-state index contributed by atoms with van der Waals surface area (Å²) in [5.74, 6) is 0. The molecule has 2 bridgehead atoms. The summed E-state index contributed by atoms with van der Waals surface area (Å²) in [4.78, 5) is 10.5. The maximum atomic E-state index is 10.5. The molecule has 3 aliphatic carbocycles. The van der Waals surface area contributed by atoms with Crippen LogP contribution in [0.1, 0.15) is 40.0 Å². The van der Waals surface area contributed by atoms with Crippen molar-refractivity contribution in [2.45, 2.75) is 45.6 Å². The molecule has 0 aliphatic heterocycles. The van der Waals surface area contributed by atoms with E-state index in [0.717, 1.165) is 19.3 Å². The first-order valence-corrected chi connectivity index (χ1v) is 4.80. The third-order valence-corrected chi connectivity index (χ3v) is 3.99. The highest BCUT2D eigenvalue weighted by atomic mass is 16.4. The van der Waals surface area contributed by atoms with Crippen molar-refractivity contribution in [2.75, 3.05) is 0 Å². The van der Waals surface area contributed by atoms with Crippen LogP contribution in [0.3, 0.4) is 0 Å². The van der Waals surface area contributed by atoms with Gasteiger partial charge in [0, 0.05) is 5.54 Å². The number of rotatable bonds is 1. The molecular formula is C10H17NO2. The predicted octanol–water partition coefficient (Wildman–Crippen LogP) is 2.22. The second kappa shape index (κ2) is 2.02. The van der Waals surface area contributed by atoms with E-state index >= 15 is 0 Å². The fraction of sp³-hybridized carbons (Fsp3) is 0.900. The van der Waals surface area contributed by atoms with Gasteiger partial charge in [-0.3, -0.25) is 0 Å². The number of nitrogens with one attached hydrogen (secondary N) is 1. The van der Waals surface area contributed by atoms with E-state index in [4.69, 9.17) is 5.11 Å². The van der Waals surface area contributed by atoms with E-state index in [-0.39, 0.29) is 5.54 Å². The first kappa shape index (κ1) is 8.85. The molecule has 74 valence electrons. The third-order valence-electron chi connectivity index (χ3n) is 3.99. The van der Waals surface area contributed by atoms with Crippen molar-refractivity contribution in [2.24, 2.45) is 10.8 Å². The van der Waals surface area contributed by atoms with Gasteiger partial charge in [0.05, 0.1) is 0 Å². The molecule has 0 aromatic rings. The fourth-order valence-corrected chi connectivity index (χ4v) is 2.94. The first-order valence-electron chi connectivity index (χ1n) is 4.80. The number of hydrogen-bond donors (Lipinski definition) is 2. The quantitative estimate of drug-likeness (QED) is 0.655. The lowest BCUT2D eigenvalue weighted by Crippen LogP contribution is -2.77. The molecule has 0 spiro atoms. The molecule has 1 amide bonds. The Balaban J connectivity index is 1.97. The summed E-state index contributed by atoms with van der Waals surface area (Å²) >= 11 is 0. The molecule has 3 aliphatic rings. The maximum absolute atomic E-state index is 10.5. The Labute approximate surface area is 78.5 Å². The molecule has 3 rings (SSSR count). The Kier molecular flexibility index (Phi) is 1.37. The van der Waals surface area contributed by atoms with Crippen LogP contribution in [-0.4, -0.2) is 16.7 Å². The van der Waals surface area contributed by atoms with Gasteiger partial charge in [0.15, 0.2) is 0 Å². The van der Waals surface area contributed by atoms with Crippen molar-refractivity contribution in [1.29, 1.82) is 0 Å². The van der Waals surface area contributed by atoms with Crippen molar-refractivity contribution in [3.8, 4) is 0 Å². The Morgan fingerprint density at radius 2 is 1.77 bits per heavy atom. The Hall–Kier alpha value is -0.730. The Morgan fingerprint density at radius 1 is 1.31 bits per heavy atom. The maximum Gasteiger partial charge on any atom is 0.405 e. The van der Waals surface area contributed by atoms with Crippen LogP contribution in [0.2, 0.25) is 0 Å². The molecule has 0 heterocycles. The van der Waals surface area contributed by atoms with E-state index in [1.807, 2.05) is 0 Å². The highest BCUT2D eigenvalue weighted by Crippen LogP contribution is 2.73. The van der Waals surface area contributed by atoms with Crippen molar-refractivity contribution >= 4 is 6.09 Å². The molecule has 0 aromatic carbocycles. The molecule has 3 fully saturated rings. The topological polar surface area (TPSA) is 49.3 Å². The molecule has 3 nitrogen and oxygen atoms in total. The zero-order valence-electron chi connectivity index (χ0n) is 8.48. The van der Waals surface area contributed by atoms with Crippen LogP contribution >= 0.6 is 0 Å². The van der Waals surface area contributed by atoms with Gasteiger partial charge in [0.25, 0.3) is 0 Å². The number of hydrogen-bond acceptors (Lipinski definition) is 1. The van der Waals surface area contributed by atoms with E-state index in [1.165, 1.54) is 0 Å². The minimum Gasteiger partial charge on any atom is -0.465 e. The average Bonchev–Trinajstić information content (AvgIpc) is 1.70. The van der Waals surface area contributed by atoms with Gasteiger partial charge < -0.3 is 10.4 Å². The molecule has 0 unspecified atom stereocenters. The van der Waals surface area contributed by atoms with Gasteiger partial charge in [0.2, 0.25) is 0 Å². The summed E-state index contributed by atoms with van der Waals surface area (Å²) in [5.41, 5.74) is 0.712. The second-order valence-corrected chi connectivity index (χ2v) is 5.77. The molecule has 0 saturated heterocycles. The Bertz CT molecular complexity index is 245. The van der Waals surface area contributed by atoms with Gasteiger partial charge in [0.1, 0.15) is 0 Å². The predicted molar refractivity (Wildman–Crippen MR) is 49.6 cm³/mol. The SMILES string of the molecule is CC(C)(C)C12CC(NC(=O)O)(C1)C2. The van der Waals surface area contributed by atoms with E-state index in [1.54, 1.807) is 0 Å². The monoisotopic (exact) mass is 183 g/mol. The van der Waals surface area contributed by atoms with E-state index in [2.05, 4.69) is 26.1 Å². The minimum atomic E-state index is -0.873. The van der Waals surface area contributed by atoms with Crippen LogP contribution in [0.25, 0.3) is 0 Å².